The molecule has 6 heteroatoms. The molecule has 0 radical (unpaired) electrons. The average molecular weight is 354 g/mol. The van der Waals surface area contributed by atoms with Crippen molar-refractivity contribution in [3.8, 4) is 5.75 Å². The summed E-state index contributed by atoms with van der Waals surface area (Å²) in [4.78, 5) is 26.0. The van der Waals surface area contributed by atoms with E-state index in [1.54, 1.807) is 31.4 Å². The van der Waals surface area contributed by atoms with Crippen LogP contribution in [-0.2, 0) is 4.79 Å². The van der Waals surface area contributed by atoms with Gasteiger partial charge in [0, 0.05) is 24.4 Å². The Balaban J connectivity index is 1.86. The van der Waals surface area contributed by atoms with Crippen molar-refractivity contribution in [2.24, 2.45) is 0 Å². The largest absolute Gasteiger partial charge is 0.496 e. The van der Waals surface area contributed by atoms with Gasteiger partial charge < -0.3 is 10.1 Å². The molecule has 1 atom stereocenters. The summed E-state index contributed by atoms with van der Waals surface area (Å²) >= 11 is 0. The van der Waals surface area contributed by atoms with Crippen LogP contribution in [0.1, 0.15) is 23.6 Å². The first-order valence-corrected chi connectivity index (χ1v) is 8.18. The molecule has 3 rings (SSSR count). The number of anilines is 1. The Labute approximate surface area is 151 Å². The van der Waals surface area contributed by atoms with Crippen LogP contribution in [0.15, 0.2) is 54.7 Å². The summed E-state index contributed by atoms with van der Waals surface area (Å²) in [5.74, 6) is 0.141. The van der Waals surface area contributed by atoms with Crippen molar-refractivity contribution in [1.82, 2.24) is 4.90 Å². The van der Waals surface area contributed by atoms with Gasteiger partial charge in [0.15, 0.2) is 5.78 Å². The Kier molecular flexibility index (Phi) is 5.02. The van der Waals surface area contributed by atoms with E-state index < -0.39 is 17.9 Å². The highest BCUT2D eigenvalue weighted by Crippen LogP contribution is 2.30. The molecule has 0 fully saturated rings. The van der Waals surface area contributed by atoms with Gasteiger partial charge in [-0.3, -0.25) is 9.69 Å². The first-order chi connectivity index (χ1) is 12.5. The molecule has 2 aromatic carbocycles. The van der Waals surface area contributed by atoms with E-state index in [1.807, 2.05) is 13.0 Å². The highest BCUT2D eigenvalue weighted by atomic mass is 19.1. The van der Waals surface area contributed by atoms with E-state index in [0.29, 0.717) is 17.0 Å². The number of rotatable bonds is 3. The lowest BCUT2D eigenvalue weighted by Crippen LogP contribution is -2.37. The maximum Gasteiger partial charge on any atom is 0.326 e. The molecule has 1 unspecified atom stereocenters. The zero-order chi connectivity index (χ0) is 18.7. The van der Waals surface area contributed by atoms with E-state index in [9.17, 15) is 14.0 Å². The summed E-state index contributed by atoms with van der Waals surface area (Å²) in [5.41, 5.74) is 2.09. The molecule has 0 aromatic heterocycles. The highest BCUT2D eigenvalue weighted by Gasteiger charge is 2.29. The third-order valence-electron chi connectivity index (χ3n) is 4.28. The molecule has 0 saturated heterocycles. The lowest BCUT2D eigenvalue weighted by Gasteiger charge is -2.31. The number of ether oxygens (including phenoxy) is 1. The van der Waals surface area contributed by atoms with Crippen LogP contribution in [0.2, 0.25) is 0 Å². The second kappa shape index (κ2) is 7.39. The summed E-state index contributed by atoms with van der Waals surface area (Å²) in [7, 11) is 1.56. The van der Waals surface area contributed by atoms with Gasteiger partial charge in [-0.1, -0.05) is 18.2 Å². The number of ketones is 1. The topological polar surface area (TPSA) is 58.6 Å². The van der Waals surface area contributed by atoms with Crippen LogP contribution >= 0.6 is 0 Å². The summed E-state index contributed by atoms with van der Waals surface area (Å²) in [6.45, 7) is 1.91. The minimum atomic E-state index is -0.560. The highest BCUT2D eigenvalue weighted by molar-refractivity contribution is 5.96. The fourth-order valence-corrected chi connectivity index (χ4v) is 2.91. The molecule has 0 bridgehead atoms. The Hall–Kier alpha value is -3.15. The molecule has 1 aliphatic heterocycles. The number of nitrogens with one attached hydrogen (secondary N) is 1. The molecule has 26 heavy (non-hydrogen) atoms. The number of carbonyl (C=O) groups is 2. The maximum absolute atomic E-state index is 13.6. The number of amides is 2. The van der Waals surface area contributed by atoms with Crippen LogP contribution in [0.5, 0.6) is 5.75 Å². The average Bonchev–Trinajstić information content (AvgIpc) is 2.63. The van der Waals surface area contributed by atoms with E-state index in [-0.39, 0.29) is 12.2 Å². The number of urea groups is 1. The van der Waals surface area contributed by atoms with Crippen molar-refractivity contribution in [2.75, 3.05) is 12.4 Å². The smallest absolute Gasteiger partial charge is 0.326 e. The zero-order valence-electron chi connectivity index (χ0n) is 14.5. The number of hydrogen-bond acceptors (Lipinski definition) is 3. The molecule has 5 nitrogen and oxygen atoms in total. The molecule has 1 N–H and O–H groups in total. The third kappa shape index (κ3) is 3.74. The number of halogens is 1. The molecular weight excluding hydrogens is 335 g/mol. The normalized spacial score (nSPS) is 16.5. The van der Waals surface area contributed by atoms with Gasteiger partial charge in [-0.2, -0.15) is 0 Å². The lowest BCUT2D eigenvalue weighted by molar-refractivity contribution is -0.116. The van der Waals surface area contributed by atoms with Crippen LogP contribution in [-0.4, -0.2) is 23.8 Å². The van der Waals surface area contributed by atoms with E-state index >= 15 is 0 Å². The number of nitrogens with zero attached hydrogens (tertiary/aromatic N) is 1. The minimum Gasteiger partial charge on any atom is -0.496 e. The van der Waals surface area contributed by atoms with Gasteiger partial charge in [0.05, 0.1) is 13.2 Å². The SMILES string of the molecule is COc1cc(NC(=O)N2C=CC(=O)CC2c2cccc(F)c2)ccc1C. The Morgan fingerprint density at radius 1 is 1.27 bits per heavy atom. The van der Waals surface area contributed by atoms with Crippen molar-refractivity contribution in [3.63, 3.8) is 0 Å². The van der Waals surface area contributed by atoms with Crippen molar-refractivity contribution in [2.45, 2.75) is 19.4 Å². The van der Waals surface area contributed by atoms with Crippen molar-refractivity contribution in [3.05, 3.63) is 71.7 Å². The van der Waals surface area contributed by atoms with Crippen molar-refractivity contribution < 1.29 is 18.7 Å². The predicted molar refractivity (Wildman–Crippen MR) is 96.5 cm³/mol. The van der Waals surface area contributed by atoms with Gasteiger partial charge in [0.25, 0.3) is 0 Å². The van der Waals surface area contributed by atoms with Gasteiger partial charge >= 0.3 is 6.03 Å². The first-order valence-electron chi connectivity index (χ1n) is 8.18. The van der Waals surface area contributed by atoms with Crippen LogP contribution in [0.4, 0.5) is 14.9 Å². The van der Waals surface area contributed by atoms with Crippen LogP contribution < -0.4 is 10.1 Å². The fourth-order valence-electron chi connectivity index (χ4n) is 2.91. The number of benzene rings is 2. The fraction of sp³-hybridized carbons (Fsp3) is 0.200. The van der Waals surface area contributed by atoms with Crippen molar-refractivity contribution in [1.29, 1.82) is 0 Å². The van der Waals surface area contributed by atoms with E-state index in [1.165, 1.54) is 29.3 Å². The summed E-state index contributed by atoms with van der Waals surface area (Å²) in [5, 5.41) is 2.79. The van der Waals surface area contributed by atoms with Crippen molar-refractivity contribution >= 4 is 17.5 Å². The molecular formula is C20H19FN2O3. The molecule has 134 valence electrons. The molecule has 0 aliphatic carbocycles. The maximum atomic E-state index is 13.6. The molecule has 2 amide bonds. The van der Waals surface area contributed by atoms with Gasteiger partial charge in [0.1, 0.15) is 11.6 Å². The number of hydrogen-bond donors (Lipinski definition) is 1. The quantitative estimate of drug-likeness (QED) is 0.898. The van der Waals surface area contributed by atoms with E-state index in [4.69, 9.17) is 4.74 Å². The number of methoxy groups -OCH3 is 1. The summed E-state index contributed by atoms with van der Waals surface area (Å²) < 4.78 is 18.8. The summed E-state index contributed by atoms with van der Waals surface area (Å²) in [6.07, 6.45) is 2.89. The second-order valence-corrected chi connectivity index (χ2v) is 6.08. The Bertz CT molecular complexity index is 879. The van der Waals surface area contributed by atoms with E-state index in [0.717, 1.165) is 5.56 Å². The zero-order valence-corrected chi connectivity index (χ0v) is 14.5. The molecule has 1 heterocycles. The number of aryl methyl sites for hydroxylation is 1. The monoisotopic (exact) mass is 354 g/mol. The van der Waals surface area contributed by atoms with Crippen LogP contribution in [0.3, 0.4) is 0 Å². The molecule has 2 aromatic rings. The Morgan fingerprint density at radius 2 is 2.08 bits per heavy atom. The third-order valence-corrected chi connectivity index (χ3v) is 4.28. The van der Waals surface area contributed by atoms with Gasteiger partial charge in [-0.05, 0) is 42.3 Å². The second-order valence-electron chi connectivity index (χ2n) is 6.08. The van der Waals surface area contributed by atoms with Gasteiger partial charge in [-0.25, -0.2) is 9.18 Å². The van der Waals surface area contributed by atoms with Gasteiger partial charge in [-0.15, -0.1) is 0 Å². The molecule has 0 saturated carbocycles. The Morgan fingerprint density at radius 3 is 2.81 bits per heavy atom. The molecule has 1 aliphatic rings. The first kappa shape index (κ1) is 17.7. The van der Waals surface area contributed by atoms with Crippen LogP contribution in [0, 0.1) is 12.7 Å². The lowest BCUT2D eigenvalue weighted by atomic mass is 9.97. The minimum absolute atomic E-state index is 0.102. The predicted octanol–water partition coefficient (Wildman–Crippen LogP) is 4.20. The van der Waals surface area contributed by atoms with Gasteiger partial charge in [0.2, 0.25) is 0 Å². The standard InChI is InChI=1S/C20H19FN2O3/c1-13-6-7-16(11-19(13)26-2)22-20(25)23-9-8-17(24)12-18(23)14-4-3-5-15(21)10-14/h3-11,18H,12H2,1-2H3,(H,22,25). The number of allylic oxidation sites excluding steroid dienone is 1. The number of carbonyl (C=O) groups excluding carboxylic acids is 2. The molecule has 0 spiro atoms. The van der Waals surface area contributed by atoms with E-state index in [2.05, 4.69) is 5.32 Å². The van der Waals surface area contributed by atoms with Crippen LogP contribution in [0.25, 0.3) is 0 Å². The summed E-state index contributed by atoms with van der Waals surface area (Å²) in [6, 6.07) is 10.3.